The molecule has 2 heteroatoms. The van der Waals surface area contributed by atoms with Crippen molar-refractivity contribution in [3.63, 3.8) is 0 Å². The van der Waals surface area contributed by atoms with Crippen molar-refractivity contribution in [1.29, 1.82) is 0 Å². The number of aromatic nitrogens is 2. The molecule has 274 valence electrons. The molecule has 49 heavy (non-hydrogen) atoms. The first-order valence-electron chi connectivity index (χ1n) is 21.4. The van der Waals surface area contributed by atoms with E-state index in [0.29, 0.717) is 5.92 Å². The Morgan fingerprint density at radius 1 is 0.510 bits per heavy atom. The number of hydrogen-bond donors (Lipinski definition) is 0. The van der Waals surface area contributed by atoms with E-state index in [2.05, 4.69) is 96.8 Å². The minimum absolute atomic E-state index is 0.515. The van der Waals surface area contributed by atoms with E-state index in [1.165, 1.54) is 177 Å². The molecular weight excluding hydrogens is 593 g/mol. The summed E-state index contributed by atoms with van der Waals surface area (Å²) in [7, 11) is 0. The smallest absolute Gasteiger partial charge is 0.234 e. The number of rotatable bonds is 31. The van der Waals surface area contributed by atoms with Gasteiger partial charge in [0.2, 0.25) is 0 Å². The van der Waals surface area contributed by atoms with Crippen molar-refractivity contribution < 1.29 is 4.57 Å². The molecule has 1 heterocycles. The van der Waals surface area contributed by atoms with Gasteiger partial charge in [0.25, 0.3) is 5.82 Å². The lowest BCUT2D eigenvalue weighted by Crippen LogP contribution is -2.41. The Labute approximate surface area is 304 Å². The van der Waals surface area contributed by atoms with Crippen LogP contribution in [-0.4, -0.2) is 4.57 Å². The van der Waals surface area contributed by atoms with Gasteiger partial charge in [0.15, 0.2) is 0 Å². The highest BCUT2D eigenvalue weighted by molar-refractivity contribution is 5.21. The quantitative estimate of drug-likeness (QED) is 0.0476. The molecule has 2 nitrogen and oxygen atoms in total. The zero-order valence-corrected chi connectivity index (χ0v) is 32.6. The van der Waals surface area contributed by atoms with Crippen molar-refractivity contribution in [1.82, 2.24) is 4.57 Å². The standard InChI is InChI=1S/C47H77N2/c1-4-6-8-10-12-14-16-17-18-19-21-23-25-33-39-49-46(40-43(3)45-36-30-27-31-37-45)42-48(47(49)41-44-34-28-26-29-35-44)38-32-24-22-20-15-13-11-9-7-5-2/h26-31,34-37,42-43H,4-25,32-33,38-41H2,1-3H3/q+1. The minimum Gasteiger partial charge on any atom is -0.234 e. The summed E-state index contributed by atoms with van der Waals surface area (Å²) in [6.07, 6.45) is 38.4. The van der Waals surface area contributed by atoms with E-state index in [1.54, 1.807) is 0 Å². The van der Waals surface area contributed by atoms with Crippen LogP contribution in [0.25, 0.3) is 0 Å². The second-order valence-corrected chi connectivity index (χ2v) is 15.3. The molecule has 0 aliphatic carbocycles. The predicted octanol–water partition coefficient (Wildman–Crippen LogP) is 14.1. The first-order valence-corrected chi connectivity index (χ1v) is 21.4. The van der Waals surface area contributed by atoms with Crippen LogP contribution in [0, 0.1) is 0 Å². The third-order valence-electron chi connectivity index (χ3n) is 10.9. The summed E-state index contributed by atoms with van der Waals surface area (Å²) >= 11 is 0. The Kier molecular flexibility index (Phi) is 23.0. The minimum atomic E-state index is 0.515. The van der Waals surface area contributed by atoms with Crippen molar-refractivity contribution in [2.24, 2.45) is 0 Å². The fourth-order valence-corrected chi connectivity index (χ4v) is 7.70. The van der Waals surface area contributed by atoms with Gasteiger partial charge in [0, 0.05) is 6.42 Å². The van der Waals surface area contributed by atoms with Crippen molar-refractivity contribution in [2.45, 2.75) is 207 Å². The van der Waals surface area contributed by atoms with Crippen LogP contribution < -0.4 is 4.57 Å². The fourth-order valence-electron chi connectivity index (χ4n) is 7.70. The Hall–Kier alpha value is -2.35. The van der Waals surface area contributed by atoms with Gasteiger partial charge in [0.1, 0.15) is 11.9 Å². The van der Waals surface area contributed by atoms with Crippen LogP contribution in [-0.2, 0) is 25.9 Å². The number of nitrogens with zero attached hydrogens (tertiary/aromatic N) is 2. The van der Waals surface area contributed by atoms with Crippen LogP contribution in [0.4, 0.5) is 0 Å². The summed E-state index contributed by atoms with van der Waals surface area (Å²) in [5, 5.41) is 0. The van der Waals surface area contributed by atoms with Crippen LogP contribution in [0.5, 0.6) is 0 Å². The number of unbranched alkanes of at least 4 members (excludes halogenated alkanes) is 22. The Bertz CT molecular complexity index is 1160. The van der Waals surface area contributed by atoms with Gasteiger partial charge in [-0.25, -0.2) is 9.13 Å². The van der Waals surface area contributed by atoms with Crippen LogP contribution in [0.1, 0.15) is 203 Å². The summed E-state index contributed by atoms with van der Waals surface area (Å²) in [6.45, 7) is 9.34. The summed E-state index contributed by atoms with van der Waals surface area (Å²) in [4.78, 5) is 0. The average molecular weight is 670 g/mol. The van der Waals surface area contributed by atoms with Crippen LogP contribution in [0.3, 0.4) is 0 Å². The predicted molar refractivity (Wildman–Crippen MR) is 215 cm³/mol. The van der Waals surface area contributed by atoms with Crippen molar-refractivity contribution in [3.05, 3.63) is 89.5 Å². The highest BCUT2D eigenvalue weighted by Crippen LogP contribution is 2.22. The van der Waals surface area contributed by atoms with Crippen LogP contribution >= 0.6 is 0 Å². The highest BCUT2D eigenvalue weighted by Gasteiger charge is 2.25. The van der Waals surface area contributed by atoms with Gasteiger partial charge in [-0.15, -0.1) is 0 Å². The normalized spacial score (nSPS) is 12.1. The van der Waals surface area contributed by atoms with Crippen LogP contribution in [0.2, 0.25) is 0 Å². The molecule has 3 aromatic rings. The molecule has 0 saturated carbocycles. The summed E-state index contributed by atoms with van der Waals surface area (Å²) in [5.74, 6) is 2.04. The van der Waals surface area contributed by atoms with E-state index in [1.807, 2.05) is 0 Å². The highest BCUT2D eigenvalue weighted by atomic mass is 15.2. The second kappa shape index (κ2) is 27.4. The lowest BCUT2D eigenvalue weighted by atomic mass is 9.96. The molecule has 0 spiro atoms. The Morgan fingerprint density at radius 3 is 1.43 bits per heavy atom. The van der Waals surface area contributed by atoms with Gasteiger partial charge < -0.3 is 0 Å². The largest absolute Gasteiger partial charge is 0.261 e. The van der Waals surface area contributed by atoms with E-state index in [0.717, 1.165) is 25.9 Å². The van der Waals surface area contributed by atoms with Gasteiger partial charge >= 0.3 is 0 Å². The average Bonchev–Trinajstić information content (AvgIpc) is 3.44. The number of hydrogen-bond acceptors (Lipinski definition) is 0. The van der Waals surface area contributed by atoms with Gasteiger partial charge in [-0.1, -0.05) is 210 Å². The maximum absolute atomic E-state index is 2.75. The summed E-state index contributed by atoms with van der Waals surface area (Å²) < 4.78 is 5.41. The van der Waals surface area contributed by atoms with Gasteiger partial charge in [-0.05, 0) is 42.7 Å². The first-order chi connectivity index (χ1) is 24.2. The monoisotopic (exact) mass is 670 g/mol. The lowest BCUT2D eigenvalue weighted by Gasteiger charge is -2.12. The maximum atomic E-state index is 2.75. The zero-order valence-electron chi connectivity index (χ0n) is 32.6. The summed E-state index contributed by atoms with van der Waals surface area (Å²) in [5.41, 5.74) is 4.42. The molecule has 3 rings (SSSR count). The molecule has 0 aliphatic heterocycles. The fraction of sp³-hybridized carbons (Fsp3) is 0.681. The molecule has 1 atom stereocenters. The molecule has 0 fully saturated rings. The second-order valence-electron chi connectivity index (χ2n) is 15.3. The van der Waals surface area contributed by atoms with E-state index in [9.17, 15) is 0 Å². The van der Waals surface area contributed by atoms with Crippen LogP contribution in [0.15, 0.2) is 66.9 Å². The third-order valence-corrected chi connectivity index (χ3v) is 10.9. The number of imidazole rings is 1. The van der Waals surface area contributed by atoms with Gasteiger partial charge in [0.05, 0.1) is 19.5 Å². The lowest BCUT2D eigenvalue weighted by molar-refractivity contribution is -0.710. The first kappa shape index (κ1) is 41.1. The Balaban J connectivity index is 1.56. The zero-order chi connectivity index (χ0) is 34.6. The Morgan fingerprint density at radius 2 is 0.939 bits per heavy atom. The number of benzene rings is 2. The number of aryl methyl sites for hydroxylation is 1. The molecule has 2 aromatic carbocycles. The van der Waals surface area contributed by atoms with Crippen molar-refractivity contribution in [3.8, 4) is 0 Å². The summed E-state index contributed by atoms with van der Waals surface area (Å²) in [6, 6.07) is 22.4. The third kappa shape index (κ3) is 17.9. The topological polar surface area (TPSA) is 8.81 Å². The molecule has 1 unspecified atom stereocenters. The molecule has 0 radical (unpaired) electrons. The molecule has 0 N–H and O–H groups in total. The van der Waals surface area contributed by atoms with E-state index in [-0.39, 0.29) is 0 Å². The van der Waals surface area contributed by atoms with Crippen molar-refractivity contribution >= 4 is 0 Å². The molecule has 0 amide bonds. The molecule has 0 saturated heterocycles. The molecular formula is C47H77N2+. The van der Waals surface area contributed by atoms with E-state index >= 15 is 0 Å². The van der Waals surface area contributed by atoms with Gasteiger partial charge in [-0.2, -0.15) is 0 Å². The molecule has 1 aromatic heterocycles. The molecule has 0 bridgehead atoms. The van der Waals surface area contributed by atoms with E-state index < -0.39 is 0 Å². The van der Waals surface area contributed by atoms with Gasteiger partial charge in [-0.3, -0.25) is 0 Å². The van der Waals surface area contributed by atoms with E-state index in [4.69, 9.17) is 0 Å². The maximum Gasteiger partial charge on any atom is 0.261 e. The van der Waals surface area contributed by atoms with Crippen molar-refractivity contribution in [2.75, 3.05) is 0 Å². The molecule has 0 aliphatic rings. The SMILES string of the molecule is CCCCCCCCCCCCCCCC[n+]1c(CC(C)c2ccccc2)cn(CCCCCCCCCCCC)c1Cc1ccccc1.